The molecule has 3 rings (SSSR count). The summed E-state index contributed by atoms with van der Waals surface area (Å²) in [7, 11) is 0. The van der Waals surface area contributed by atoms with E-state index in [2.05, 4.69) is 5.32 Å². The second-order valence-electron chi connectivity index (χ2n) is 5.20. The molecule has 0 aliphatic carbocycles. The van der Waals surface area contributed by atoms with E-state index in [1.54, 1.807) is 30.3 Å². The molecule has 0 fully saturated rings. The highest BCUT2D eigenvalue weighted by atomic mass is 35.5. The minimum atomic E-state index is -0.267. The standard InChI is InChI=1S/C20H16ClNO2/c21-17-11-5-4-10-16(17)20(23)22-18-12-6-7-13-19(18)24-14-15-8-2-1-3-9-15/h1-13H,14H2,(H,22,23). The van der Waals surface area contributed by atoms with Gasteiger partial charge in [-0.15, -0.1) is 0 Å². The molecule has 0 spiro atoms. The summed E-state index contributed by atoms with van der Waals surface area (Å²) < 4.78 is 5.84. The third-order valence-electron chi connectivity index (χ3n) is 3.49. The number of hydrogen-bond acceptors (Lipinski definition) is 2. The Labute approximate surface area is 145 Å². The van der Waals surface area contributed by atoms with Gasteiger partial charge in [-0.05, 0) is 29.8 Å². The van der Waals surface area contributed by atoms with Gasteiger partial charge < -0.3 is 10.1 Å². The number of carbonyl (C=O) groups excluding carboxylic acids is 1. The number of para-hydroxylation sites is 2. The molecule has 0 heterocycles. The van der Waals surface area contributed by atoms with Crippen LogP contribution >= 0.6 is 11.6 Å². The predicted molar refractivity (Wildman–Crippen MR) is 96.6 cm³/mol. The Hall–Kier alpha value is -2.78. The zero-order valence-electron chi connectivity index (χ0n) is 12.9. The quantitative estimate of drug-likeness (QED) is 0.697. The maximum absolute atomic E-state index is 12.4. The summed E-state index contributed by atoms with van der Waals surface area (Å²) in [4.78, 5) is 12.4. The van der Waals surface area contributed by atoms with Crippen LogP contribution in [-0.2, 0) is 6.61 Å². The highest BCUT2D eigenvalue weighted by molar-refractivity contribution is 6.34. The largest absolute Gasteiger partial charge is 0.487 e. The summed E-state index contributed by atoms with van der Waals surface area (Å²) in [6.07, 6.45) is 0. The molecule has 0 saturated carbocycles. The Morgan fingerprint density at radius 2 is 1.54 bits per heavy atom. The molecule has 1 amide bonds. The first kappa shape index (κ1) is 16.1. The number of halogens is 1. The van der Waals surface area contributed by atoms with Crippen molar-refractivity contribution in [3.63, 3.8) is 0 Å². The molecular weight excluding hydrogens is 322 g/mol. The lowest BCUT2D eigenvalue weighted by atomic mass is 10.2. The molecule has 3 nitrogen and oxygen atoms in total. The summed E-state index contributed by atoms with van der Waals surface area (Å²) in [5.41, 5.74) is 2.10. The van der Waals surface area contributed by atoms with Crippen molar-refractivity contribution < 1.29 is 9.53 Å². The second kappa shape index (κ2) is 7.66. The molecule has 24 heavy (non-hydrogen) atoms. The van der Waals surface area contributed by atoms with Crippen molar-refractivity contribution in [3.05, 3.63) is 95.0 Å². The van der Waals surface area contributed by atoms with Crippen molar-refractivity contribution >= 4 is 23.2 Å². The van der Waals surface area contributed by atoms with E-state index >= 15 is 0 Å². The van der Waals surface area contributed by atoms with Crippen LogP contribution in [-0.4, -0.2) is 5.91 Å². The molecule has 3 aromatic rings. The van der Waals surface area contributed by atoms with Gasteiger partial charge in [-0.25, -0.2) is 0 Å². The lowest BCUT2D eigenvalue weighted by molar-refractivity contribution is 0.102. The summed E-state index contributed by atoms with van der Waals surface area (Å²) in [6.45, 7) is 0.430. The maximum atomic E-state index is 12.4. The van der Waals surface area contributed by atoms with E-state index in [1.165, 1.54) is 0 Å². The van der Waals surface area contributed by atoms with Gasteiger partial charge in [0.1, 0.15) is 12.4 Å². The Morgan fingerprint density at radius 3 is 2.33 bits per heavy atom. The summed E-state index contributed by atoms with van der Waals surface area (Å²) in [5, 5.41) is 3.27. The third kappa shape index (κ3) is 3.94. The fraction of sp³-hybridized carbons (Fsp3) is 0.0500. The average Bonchev–Trinajstić information content (AvgIpc) is 2.62. The molecule has 0 aliphatic heterocycles. The van der Waals surface area contributed by atoms with Gasteiger partial charge in [-0.2, -0.15) is 0 Å². The number of benzene rings is 3. The van der Waals surface area contributed by atoms with Crippen LogP contribution in [0, 0.1) is 0 Å². The van der Waals surface area contributed by atoms with Crippen molar-refractivity contribution in [2.75, 3.05) is 5.32 Å². The van der Waals surface area contributed by atoms with E-state index in [0.717, 1.165) is 5.56 Å². The number of ether oxygens (including phenoxy) is 1. The van der Waals surface area contributed by atoms with E-state index in [1.807, 2.05) is 48.5 Å². The lowest BCUT2D eigenvalue weighted by Crippen LogP contribution is -2.13. The van der Waals surface area contributed by atoms with Gasteiger partial charge >= 0.3 is 0 Å². The van der Waals surface area contributed by atoms with Crippen LogP contribution in [0.1, 0.15) is 15.9 Å². The summed E-state index contributed by atoms with van der Waals surface area (Å²) in [5.74, 6) is 0.345. The topological polar surface area (TPSA) is 38.3 Å². The first-order valence-corrected chi connectivity index (χ1v) is 7.93. The van der Waals surface area contributed by atoms with E-state index in [9.17, 15) is 4.79 Å². The number of amides is 1. The van der Waals surface area contributed by atoms with Gasteiger partial charge in [-0.3, -0.25) is 4.79 Å². The summed E-state index contributed by atoms with van der Waals surface area (Å²) >= 11 is 6.07. The molecule has 0 atom stereocenters. The molecule has 0 bridgehead atoms. The molecule has 4 heteroatoms. The Balaban J connectivity index is 1.74. The van der Waals surface area contributed by atoms with Crippen LogP contribution in [0.25, 0.3) is 0 Å². The first-order valence-electron chi connectivity index (χ1n) is 7.55. The average molecular weight is 338 g/mol. The normalized spacial score (nSPS) is 10.2. The molecule has 0 aromatic heterocycles. The summed E-state index contributed by atoms with van der Waals surface area (Å²) in [6, 6.07) is 24.1. The monoisotopic (exact) mass is 337 g/mol. The van der Waals surface area contributed by atoms with E-state index in [0.29, 0.717) is 28.6 Å². The Kier molecular flexibility index (Phi) is 5.14. The zero-order chi connectivity index (χ0) is 16.8. The Bertz CT molecular complexity index is 834. The molecule has 0 saturated heterocycles. The van der Waals surface area contributed by atoms with Crippen molar-refractivity contribution in [1.29, 1.82) is 0 Å². The minimum absolute atomic E-state index is 0.267. The SMILES string of the molecule is O=C(Nc1ccccc1OCc1ccccc1)c1ccccc1Cl. The highest BCUT2D eigenvalue weighted by Gasteiger charge is 2.12. The number of nitrogens with one attached hydrogen (secondary N) is 1. The van der Waals surface area contributed by atoms with Crippen LogP contribution < -0.4 is 10.1 Å². The number of anilines is 1. The van der Waals surface area contributed by atoms with Crippen molar-refractivity contribution in [2.45, 2.75) is 6.61 Å². The fourth-order valence-electron chi connectivity index (χ4n) is 2.27. The number of hydrogen-bond donors (Lipinski definition) is 1. The van der Waals surface area contributed by atoms with Gasteiger partial charge in [0.15, 0.2) is 0 Å². The molecular formula is C20H16ClNO2. The van der Waals surface area contributed by atoms with Crippen LogP contribution in [0.15, 0.2) is 78.9 Å². The predicted octanol–water partition coefficient (Wildman–Crippen LogP) is 5.17. The van der Waals surface area contributed by atoms with Gasteiger partial charge in [0, 0.05) is 0 Å². The van der Waals surface area contributed by atoms with Gasteiger partial charge in [0.25, 0.3) is 5.91 Å². The minimum Gasteiger partial charge on any atom is -0.487 e. The number of carbonyl (C=O) groups is 1. The van der Waals surface area contributed by atoms with Gasteiger partial charge in [-0.1, -0.05) is 66.2 Å². The lowest BCUT2D eigenvalue weighted by Gasteiger charge is -2.13. The molecule has 120 valence electrons. The smallest absolute Gasteiger partial charge is 0.257 e. The van der Waals surface area contributed by atoms with Crippen LogP contribution in [0.4, 0.5) is 5.69 Å². The van der Waals surface area contributed by atoms with Crippen molar-refractivity contribution in [2.24, 2.45) is 0 Å². The first-order chi connectivity index (χ1) is 11.7. The van der Waals surface area contributed by atoms with Gasteiger partial charge in [0.05, 0.1) is 16.3 Å². The zero-order valence-corrected chi connectivity index (χ0v) is 13.7. The fourth-order valence-corrected chi connectivity index (χ4v) is 2.49. The van der Waals surface area contributed by atoms with Gasteiger partial charge in [0.2, 0.25) is 0 Å². The highest BCUT2D eigenvalue weighted by Crippen LogP contribution is 2.26. The maximum Gasteiger partial charge on any atom is 0.257 e. The van der Waals surface area contributed by atoms with E-state index < -0.39 is 0 Å². The van der Waals surface area contributed by atoms with Crippen LogP contribution in [0.2, 0.25) is 5.02 Å². The Morgan fingerprint density at radius 1 is 0.875 bits per heavy atom. The molecule has 0 radical (unpaired) electrons. The molecule has 1 N–H and O–H groups in total. The van der Waals surface area contributed by atoms with Crippen LogP contribution in [0.5, 0.6) is 5.75 Å². The van der Waals surface area contributed by atoms with Crippen LogP contribution in [0.3, 0.4) is 0 Å². The van der Waals surface area contributed by atoms with E-state index in [-0.39, 0.29) is 5.91 Å². The van der Waals surface area contributed by atoms with E-state index in [4.69, 9.17) is 16.3 Å². The van der Waals surface area contributed by atoms with Crippen molar-refractivity contribution in [1.82, 2.24) is 0 Å². The molecule has 0 aliphatic rings. The third-order valence-corrected chi connectivity index (χ3v) is 3.82. The van der Waals surface area contributed by atoms with Crippen molar-refractivity contribution in [3.8, 4) is 5.75 Å². The molecule has 3 aromatic carbocycles. The number of rotatable bonds is 5. The molecule has 0 unspecified atom stereocenters. The second-order valence-corrected chi connectivity index (χ2v) is 5.61.